The van der Waals surface area contributed by atoms with Gasteiger partial charge in [0, 0.05) is 6.61 Å². The zero-order chi connectivity index (χ0) is 11.3. The van der Waals surface area contributed by atoms with Gasteiger partial charge in [0.25, 0.3) is 0 Å². The molecule has 1 nitrogen and oxygen atoms in total. The highest BCUT2D eigenvalue weighted by molar-refractivity contribution is 5.01. The lowest BCUT2D eigenvalue weighted by molar-refractivity contribution is 0.233. The van der Waals surface area contributed by atoms with Crippen LogP contribution in [0.15, 0.2) is 0 Å². The van der Waals surface area contributed by atoms with Crippen LogP contribution in [0, 0.1) is 11.3 Å². The van der Waals surface area contributed by atoms with Gasteiger partial charge in [-0.1, -0.05) is 57.8 Å². The van der Waals surface area contributed by atoms with Gasteiger partial charge in [-0.25, -0.2) is 0 Å². The first-order chi connectivity index (χ1) is 7.87. The van der Waals surface area contributed by atoms with E-state index in [9.17, 15) is 5.11 Å². The molecule has 1 unspecified atom stereocenters. The molecule has 1 spiro atoms. The lowest BCUT2D eigenvalue weighted by Crippen LogP contribution is -2.07. The third kappa shape index (κ3) is 3.23. The number of aliphatic hydroxyl groups is 1. The molecule has 1 N–H and O–H groups in total. The molecular weight excluding hydrogens is 196 g/mol. The molecular formula is C15H28O. The van der Waals surface area contributed by atoms with Crippen LogP contribution in [-0.4, -0.2) is 11.7 Å². The first kappa shape index (κ1) is 12.4. The Bertz CT molecular complexity index is 188. The Morgan fingerprint density at radius 3 is 1.56 bits per heavy atom. The molecule has 0 aromatic heterocycles. The molecule has 94 valence electrons. The molecule has 0 bridgehead atoms. The van der Waals surface area contributed by atoms with Gasteiger partial charge in [-0.15, -0.1) is 0 Å². The van der Waals surface area contributed by atoms with Crippen LogP contribution in [0.25, 0.3) is 0 Å². The van der Waals surface area contributed by atoms with Crippen molar-refractivity contribution in [3.8, 4) is 0 Å². The predicted octanol–water partition coefficient (Wildman–Crippen LogP) is 4.29. The van der Waals surface area contributed by atoms with E-state index in [0.29, 0.717) is 17.9 Å². The summed E-state index contributed by atoms with van der Waals surface area (Å²) in [5, 5.41) is 9.31. The lowest BCUT2D eigenvalue weighted by atomic mass is 9.88. The number of hydrogen-bond donors (Lipinski definition) is 1. The van der Waals surface area contributed by atoms with Crippen molar-refractivity contribution in [2.75, 3.05) is 6.61 Å². The summed E-state index contributed by atoms with van der Waals surface area (Å²) in [7, 11) is 0. The predicted molar refractivity (Wildman–Crippen MR) is 68.4 cm³/mol. The summed E-state index contributed by atoms with van der Waals surface area (Å²) in [5.41, 5.74) is 0.591. The quantitative estimate of drug-likeness (QED) is 0.704. The van der Waals surface area contributed by atoms with Crippen LogP contribution in [0.4, 0.5) is 0 Å². The van der Waals surface area contributed by atoms with E-state index >= 15 is 0 Å². The maximum absolute atomic E-state index is 9.31. The van der Waals surface area contributed by atoms with Crippen molar-refractivity contribution in [3.05, 3.63) is 0 Å². The first-order valence-corrected chi connectivity index (χ1v) is 7.48. The Kier molecular flexibility index (Phi) is 4.69. The van der Waals surface area contributed by atoms with Gasteiger partial charge in [0.05, 0.1) is 0 Å². The molecule has 0 aromatic rings. The van der Waals surface area contributed by atoms with Crippen LogP contribution < -0.4 is 0 Å². The van der Waals surface area contributed by atoms with Crippen LogP contribution >= 0.6 is 0 Å². The molecule has 0 heterocycles. The fourth-order valence-electron chi connectivity index (χ4n) is 3.62. The van der Waals surface area contributed by atoms with E-state index in [-0.39, 0.29) is 0 Å². The summed E-state index contributed by atoms with van der Waals surface area (Å²) in [5.74, 6) is 0.662. The molecule has 0 amide bonds. The summed E-state index contributed by atoms with van der Waals surface area (Å²) in [6.07, 6.45) is 17.1. The molecule has 0 radical (unpaired) electrons. The molecule has 0 aliphatic heterocycles. The Morgan fingerprint density at radius 1 is 0.750 bits per heavy atom. The van der Waals surface area contributed by atoms with Crippen molar-refractivity contribution in [1.82, 2.24) is 0 Å². The minimum atomic E-state index is 0.444. The van der Waals surface area contributed by atoms with E-state index in [1.165, 1.54) is 77.0 Å². The van der Waals surface area contributed by atoms with Crippen molar-refractivity contribution in [3.63, 3.8) is 0 Å². The zero-order valence-electron chi connectivity index (χ0n) is 10.7. The summed E-state index contributed by atoms with van der Waals surface area (Å²) >= 11 is 0. The minimum absolute atomic E-state index is 0.444. The average Bonchev–Trinajstić information content (AvgIpc) is 2.98. The fraction of sp³-hybridized carbons (Fsp3) is 1.00. The second-order valence-electron chi connectivity index (χ2n) is 6.13. The van der Waals surface area contributed by atoms with Crippen molar-refractivity contribution in [2.45, 2.75) is 77.0 Å². The Labute approximate surface area is 101 Å². The normalized spacial score (nSPS) is 31.7. The highest BCUT2D eigenvalue weighted by Crippen LogP contribution is 2.59. The van der Waals surface area contributed by atoms with Crippen molar-refractivity contribution >= 4 is 0 Å². The van der Waals surface area contributed by atoms with E-state index in [1.807, 2.05) is 0 Å². The Balaban J connectivity index is 1.78. The lowest BCUT2D eigenvalue weighted by Gasteiger charge is -2.18. The molecule has 0 aromatic carbocycles. The van der Waals surface area contributed by atoms with Crippen LogP contribution in [0.1, 0.15) is 77.0 Å². The van der Waals surface area contributed by atoms with E-state index in [0.717, 1.165) is 0 Å². The summed E-state index contributed by atoms with van der Waals surface area (Å²) in [6, 6.07) is 0. The second kappa shape index (κ2) is 6.05. The van der Waals surface area contributed by atoms with Crippen LogP contribution in [0.5, 0.6) is 0 Å². The molecule has 16 heavy (non-hydrogen) atoms. The number of rotatable bonds is 1. The van der Waals surface area contributed by atoms with E-state index < -0.39 is 0 Å². The van der Waals surface area contributed by atoms with Gasteiger partial charge in [-0.3, -0.25) is 0 Å². The third-order valence-electron chi connectivity index (χ3n) is 4.93. The number of hydrogen-bond acceptors (Lipinski definition) is 1. The highest BCUT2D eigenvalue weighted by Gasteiger charge is 2.51. The third-order valence-corrected chi connectivity index (χ3v) is 4.93. The van der Waals surface area contributed by atoms with Crippen molar-refractivity contribution in [1.29, 1.82) is 0 Å². The average molecular weight is 224 g/mol. The standard InChI is InChI=1S/C15H28O/c16-13-14-12-15(14)10-8-6-4-2-1-3-5-7-9-11-15/h14,16H,1-13H2. The maximum Gasteiger partial charge on any atom is 0.0464 e. The Morgan fingerprint density at radius 2 is 1.19 bits per heavy atom. The molecule has 2 aliphatic rings. The topological polar surface area (TPSA) is 20.2 Å². The molecule has 1 atom stereocenters. The van der Waals surface area contributed by atoms with Gasteiger partial charge in [0.2, 0.25) is 0 Å². The van der Waals surface area contributed by atoms with Gasteiger partial charge < -0.3 is 5.11 Å². The van der Waals surface area contributed by atoms with E-state index in [2.05, 4.69) is 0 Å². The summed E-state index contributed by atoms with van der Waals surface area (Å²) < 4.78 is 0. The van der Waals surface area contributed by atoms with Crippen LogP contribution in [0.3, 0.4) is 0 Å². The van der Waals surface area contributed by atoms with Crippen molar-refractivity contribution in [2.24, 2.45) is 11.3 Å². The zero-order valence-corrected chi connectivity index (χ0v) is 10.7. The van der Waals surface area contributed by atoms with Crippen LogP contribution in [0.2, 0.25) is 0 Å². The number of aliphatic hydroxyl groups excluding tert-OH is 1. The van der Waals surface area contributed by atoms with Gasteiger partial charge in [-0.2, -0.15) is 0 Å². The van der Waals surface area contributed by atoms with E-state index in [1.54, 1.807) is 0 Å². The molecule has 2 saturated carbocycles. The van der Waals surface area contributed by atoms with Gasteiger partial charge >= 0.3 is 0 Å². The van der Waals surface area contributed by atoms with Gasteiger partial charge in [0.1, 0.15) is 0 Å². The van der Waals surface area contributed by atoms with Gasteiger partial charge in [-0.05, 0) is 30.6 Å². The molecule has 2 rings (SSSR count). The largest absolute Gasteiger partial charge is 0.396 e. The highest BCUT2D eigenvalue weighted by atomic mass is 16.3. The second-order valence-corrected chi connectivity index (χ2v) is 6.13. The SMILES string of the molecule is OCC1CC12CCCCCCCCCCC2. The molecule has 0 saturated heterocycles. The van der Waals surface area contributed by atoms with Crippen molar-refractivity contribution < 1.29 is 5.11 Å². The smallest absolute Gasteiger partial charge is 0.0464 e. The molecule has 2 aliphatic carbocycles. The summed E-state index contributed by atoms with van der Waals surface area (Å²) in [6.45, 7) is 0.444. The van der Waals surface area contributed by atoms with E-state index in [4.69, 9.17) is 0 Å². The first-order valence-electron chi connectivity index (χ1n) is 7.48. The van der Waals surface area contributed by atoms with Crippen LogP contribution in [-0.2, 0) is 0 Å². The Hall–Kier alpha value is -0.0400. The minimum Gasteiger partial charge on any atom is -0.396 e. The van der Waals surface area contributed by atoms with Gasteiger partial charge in [0.15, 0.2) is 0 Å². The maximum atomic E-state index is 9.31. The monoisotopic (exact) mass is 224 g/mol. The summed E-state index contributed by atoms with van der Waals surface area (Å²) in [4.78, 5) is 0. The fourth-order valence-corrected chi connectivity index (χ4v) is 3.62. The molecule has 1 heteroatoms. The molecule has 2 fully saturated rings.